The van der Waals surface area contributed by atoms with E-state index in [1.54, 1.807) is 0 Å². The molecule has 0 aliphatic heterocycles. The highest BCUT2D eigenvalue weighted by atomic mass is 16.5. The minimum atomic E-state index is 0.605. The topological polar surface area (TPSA) is 9.23 Å². The number of rotatable bonds is 7. The zero-order chi connectivity index (χ0) is 19.6. The molecule has 1 aromatic carbocycles. The Morgan fingerprint density at radius 2 is 1.46 bits per heavy atom. The maximum Gasteiger partial charge on any atom is 0.119 e. The number of unbranched alkanes of at least 4 members (excludes halogenated alkanes) is 1. The van der Waals surface area contributed by atoms with Gasteiger partial charge in [0.1, 0.15) is 5.75 Å². The number of ether oxygens (including phenoxy) is 1. The van der Waals surface area contributed by atoms with Gasteiger partial charge in [-0.05, 0) is 87.0 Å². The van der Waals surface area contributed by atoms with Crippen LogP contribution in [0.2, 0.25) is 0 Å². The number of hydrogen-bond acceptors (Lipinski definition) is 1. The van der Waals surface area contributed by atoms with E-state index in [2.05, 4.69) is 37.8 Å². The Bertz CT molecular complexity index is 604. The summed E-state index contributed by atoms with van der Waals surface area (Å²) in [5, 5.41) is 0. The Balaban J connectivity index is 1.39. The summed E-state index contributed by atoms with van der Waals surface area (Å²) in [4.78, 5) is 0. The van der Waals surface area contributed by atoms with Crippen LogP contribution in [-0.2, 0) is 0 Å². The van der Waals surface area contributed by atoms with Crippen molar-refractivity contribution in [3.8, 4) is 17.6 Å². The van der Waals surface area contributed by atoms with Gasteiger partial charge in [-0.3, -0.25) is 0 Å². The monoisotopic (exact) mass is 380 g/mol. The summed E-state index contributed by atoms with van der Waals surface area (Å²) in [7, 11) is 0. The van der Waals surface area contributed by atoms with Crippen LogP contribution in [0.4, 0.5) is 0 Å². The van der Waals surface area contributed by atoms with Crippen LogP contribution < -0.4 is 4.74 Å². The van der Waals surface area contributed by atoms with Crippen LogP contribution >= 0.6 is 0 Å². The van der Waals surface area contributed by atoms with Gasteiger partial charge in [0.25, 0.3) is 0 Å². The van der Waals surface area contributed by atoms with Gasteiger partial charge in [0.15, 0.2) is 0 Å². The second kappa shape index (κ2) is 11.5. The van der Waals surface area contributed by atoms with Crippen molar-refractivity contribution in [2.45, 2.75) is 90.9 Å². The highest BCUT2D eigenvalue weighted by Crippen LogP contribution is 2.42. The molecule has 0 heterocycles. The molecule has 0 saturated heterocycles. The van der Waals surface area contributed by atoms with Crippen LogP contribution in [-0.4, -0.2) is 6.61 Å². The van der Waals surface area contributed by atoms with Gasteiger partial charge in [-0.2, -0.15) is 0 Å². The van der Waals surface area contributed by atoms with E-state index in [9.17, 15) is 0 Å². The molecule has 0 atom stereocenters. The first kappa shape index (κ1) is 21.3. The van der Waals surface area contributed by atoms with Gasteiger partial charge in [0, 0.05) is 11.5 Å². The van der Waals surface area contributed by atoms with Crippen LogP contribution in [0, 0.1) is 35.5 Å². The van der Waals surface area contributed by atoms with Gasteiger partial charge >= 0.3 is 0 Å². The summed E-state index contributed by atoms with van der Waals surface area (Å²) in [5.41, 5.74) is 1.12. The van der Waals surface area contributed by atoms with E-state index >= 15 is 0 Å². The molecule has 28 heavy (non-hydrogen) atoms. The summed E-state index contributed by atoms with van der Waals surface area (Å²) >= 11 is 0. The minimum Gasteiger partial charge on any atom is -0.494 e. The fraction of sp³-hybridized carbons (Fsp3) is 0.704. The molecule has 1 nitrogen and oxygen atoms in total. The predicted octanol–water partition coefficient (Wildman–Crippen LogP) is 7.63. The molecule has 0 spiro atoms. The lowest BCUT2D eigenvalue weighted by Crippen LogP contribution is -2.25. The molecule has 0 unspecified atom stereocenters. The van der Waals surface area contributed by atoms with E-state index in [1.807, 2.05) is 12.1 Å². The first-order valence-electron chi connectivity index (χ1n) is 12.0. The quantitative estimate of drug-likeness (QED) is 0.442. The van der Waals surface area contributed by atoms with Crippen molar-refractivity contribution in [1.82, 2.24) is 0 Å². The van der Waals surface area contributed by atoms with Crippen molar-refractivity contribution < 1.29 is 4.74 Å². The summed E-state index contributed by atoms with van der Waals surface area (Å²) in [6.07, 6.45) is 16.8. The van der Waals surface area contributed by atoms with E-state index in [-0.39, 0.29) is 0 Å². The Morgan fingerprint density at radius 1 is 0.821 bits per heavy atom. The Morgan fingerprint density at radius 3 is 2.07 bits per heavy atom. The molecule has 1 aromatic rings. The third kappa shape index (κ3) is 6.58. The van der Waals surface area contributed by atoms with Crippen molar-refractivity contribution in [3.63, 3.8) is 0 Å². The smallest absolute Gasteiger partial charge is 0.119 e. The third-order valence-electron chi connectivity index (χ3n) is 7.04. The molecular weight excluding hydrogens is 340 g/mol. The fourth-order valence-electron chi connectivity index (χ4n) is 5.22. The fourth-order valence-corrected chi connectivity index (χ4v) is 5.22. The Labute approximate surface area is 173 Å². The molecule has 2 saturated carbocycles. The zero-order valence-corrected chi connectivity index (χ0v) is 18.2. The summed E-state index contributed by atoms with van der Waals surface area (Å²) in [5.74, 6) is 11.6. The highest BCUT2D eigenvalue weighted by Gasteiger charge is 2.30. The Hall–Kier alpha value is -1.42. The van der Waals surface area contributed by atoms with E-state index < -0.39 is 0 Å². The van der Waals surface area contributed by atoms with E-state index in [0.29, 0.717) is 5.92 Å². The largest absolute Gasteiger partial charge is 0.494 e. The molecule has 2 fully saturated rings. The highest BCUT2D eigenvalue weighted by molar-refractivity contribution is 5.38. The van der Waals surface area contributed by atoms with Crippen molar-refractivity contribution in [2.75, 3.05) is 6.61 Å². The molecule has 2 aliphatic carbocycles. The van der Waals surface area contributed by atoms with Crippen molar-refractivity contribution in [2.24, 2.45) is 23.7 Å². The van der Waals surface area contributed by atoms with E-state index in [0.717, 1.165) is 42.1 Å². The molecule has 0 aromatic heterocycles. The molecule has 0 bridgehead atoms. The maximum atomic E-state index is 5.65. The van der Waals surface area contributed by atoms with Crippen LogP contribution in [0.1, 0.15) is 96.5 Å². The average molecular weight is 381 g/mol. The van der Waals surface area contributed by atoms with Crippen LogP contribution in [0.5, 0.6) is 5.75 Å². The van der Waals surface area contributed by atoms with Gasteiger partial charge < -0.3 is 4.74 Å². The standard InChI is InChI=1S/C27H40O/c1-3-5-6-22-9-15-25(16-10-22)26-17-11-23(12-18-26)7-8-24-13-19-27(20-14-24)28-21-4-2/h13-14,19-20,22-23,25-26H,3-6,9-12,15-18,21H2,1-2H3/t22-,23?,25-,26?. The van der Waals surface area contributed by atoms with E-state index in [4.69, 9.17) is 4.74 Å². The number of benzene rings is 1. The zero-order valence-electron chi connectivity index (χ0n) is 18.2. The first-order valence-corrected chi connectivity index (χ1v) is 12.0. The normalized spacial score (nSPS) is 27.6. The lowest BCUT2D eigenvalue weighted by molar-refractivity contribution is 0.153. The molecule has 3 rings (SSSR count). The molecule has 0 N–H and O–H groups in total. The van der Waals surface area contributed by atoms with Gasteiger partial charge in [-0.1, -0.05) is 57.8 Å². The van der Waals surface area contributed by atoms with Crippen LogP contribution in [0.3, 0.4) is 0 Å². The van der Waals surface area contributed by atoms with Gasteiger partial charge in [-0.15, -0.1) is 0 Å². The van der Waals surface area contributed by atoms with Gasteiger partial charge in [-0.25, -0.2) is 0 Å². The third-order valence-corrected chi connectivity index (χ3v) is 7.04. The lowest BCUT2D eigenvalue weighted by atomic mass is 9.69. The summed E-state index contributed by atoms with van der Waals surface area (Å²) in [6.45, 7) is 5.24. The average Bonchev–Trinajstić information content (AvgIpc) is 2.76. The second-order valence-corrected chi connectivity index (χ2v) is 9.18. The summed E-state index contributed by atoms with van der Waals surface area (Å²) in [6, 6.07) is 8.29. The van der Waals surface area contributed by atoms with Crippen molar-refractivity contribution in [3.05, 3.63) is 29.8 Å². The SMILES string of the molecule is CCCC[C@H]1CC[C@H](C2CCC(C#Cc3ccc(OCCC)cc3)CC2)CC1. The number of hydrogen-bond donors (Lipinski definition) is 0. The molecule has 0 amide bonds. The minimum absolute atomic E-state index is 0.605. The van der Waals surface area contributed by atoms with Gasteiger partial charge in [0.05, 0.1) is 6.61 Å². The lowest BCUT2D eigenvalue weighted by Gasteiger charge is -2.37. The Kier molecular flexibility index (Phi) is 8.78. The van der Waals surface area contributed by atoms with E-state index in [1.165, 1.54) is 70.6 Å². The summed E-state index contributed by atoms with van der Waals surface area (Å²) < 4.78 is 5.65. The molecular formula is C27H40O. The first-order chi connectivity index (χ1) is 13.8. The van der Waals surface area contributed by atoms with Gasteiger partial charge in [0.2, 0.25) is 0 Å². The molecule has 0 radical (unpaired) electrons. The molecule has 154 valence electrons. The maximum absolute atomic E-state index is 5.65. The van der Waals surface area contributed by atoms with Crippen molar-refractivity contribution >= 4 is 0 Å². The molecule has 2 aliphatic rings. The second-order valence-electron chi connectivity index (χ2n) is 9.18. The predicted molar refractivity (Wildman–Crippen MR) is 120 cm³/mol. The molecule has 1 heteroatoms. The van der Waals surface area contributed by atoms with Crippen molar-refractivity contribution in [1.29, 1.82) is 0 Å². The van der Waals surface area contributed by atoms with Crippen LogP contribution in [0.25, 0.3) is 0 Å². The van der Waals surface area contributed by atoms with Crippen LogP contribution in [0.15, 0.2) is 24.3 Å².